The van der Waals surface area contributed by atoms with E-state index in [0.29, 0.717) is 6.04 Å². The van der Waals surface area contributed by atoms with Crippen molar-refractivity contribution in [1.82, 2.24) is 14.8 Å². The lowest BCUT2D eigenvalue weighted by molar-refractivity contribution is 0.333. The Kier molecular flexibility index (Phi) is 2.94. The molecule has 2 aromatic rings. The molecule has 2 heterocycles. The van der Waals surface area contributed by atoms with Gasteiger partial charge in [-0.1, -0.05) is 6.42 Å². The predicted molar refractivity (Wildman–Crippen MR) is 73.7 cm³/mol. The van der Waals surface area contributed by atoms with Gasteiger partial charge < -0.3 is 5.32 Å². The molecule has 0 saturated heterocycles. The van der Waals surface area contributed by atoms with Gasteiger partial charge in [0.1, 0.15) is 0 Å². The van der Waals surface area contributed by atoms with E-state index in [1.54, 1.807) is 0 Å². The molecule has 0 aliphatic heterocycles. The number of anilines is 1. The van der Waals surface area contributed by atoms with Crippen molar-refractivity contribution in [3.63, 3.8) is 0 Å². The van der Waals surface area contributed by atoms with Crippen molar-refractivity contribution >= 4 is 16.7 Å². The summed E-state index contributed by atoms with van der Waals surface area (Å²) in [5.41, 5.74) is 2.08. The minimum Gasteiger partial charge on any atom is -0.384 e. The van der Waals surface area contributed by atoms with Crippen LogP contribution in [-0.4, -0.2) is 21.3 Å². The Morgan fingerprint density at radius 3 is 2.89 bits per heavy atom. The van der Waals surface area contributed by atoms with Crippen LogP contribution >= 0.6 is 0 Å². The van der Waals surface area contributed by atoms with Crippen molar-refractivity contribution in [3.8, 4) is 0 Å². The zero-order valence-corrected chi connectivity index (χ0v) is 11.1. The molecule has 0 bridgehead atoms. The first-order valence-electron chi connectivity index (χ1n) is 6.81. The van der Waals surface area contributed by atoms with Crippen molar-refractivity contribution in [1.29, 1.82) is 0 Å². The number of nitrogens with zero attached hydrogens (tertiary/aromatic N) is 3. The summed E-state index contributed by atoms with van der Waals surface area (Å²) in [4.78, 5) is 4.52. The molecule has 0 spiro atoms. The Morgan fingerprint density at radius 2 is 2.22 bits per heavy atom. The van der Waals surface area contributed by atoms with E-state index in [4.69, 9.17) is 0 Å². The average molecular weight is 244 g/mol. The van der Waals surface area contributed by atoms with Crippen LogP contribution in [-0.2, 0) is 0 Å². The Bertz CT molecular complexity index is 540. The number of rotatable bonds is 4. The van der Waals surface area contributed by atoms with Crippen LogP contribution in [0.15, 0.2) is 18.5 Å². The van der Waals surface area contributed by atoms with E-state index in [1.807, 2.05) is 17.1 Å². The number of aromatic nitrogens is 3. The topological polar surface area (TPSA) is 42.7 Å². The molecule has 0 aromatic carbocycles. The van der Waals surface area contributed by atoms with Crippen LogP contribution in [0.2, 0.25) is 0 Å². The number of fused-ring (bicyclic) bond motifs is 1. The molecule has 4 nitrogen and oxygen atoms in total. The van der Waals surface area contributed by atoms with Crippen LogP contribution in [0.5, 0.6) is 0 Å². The molecule has 1 N–H and O–H groups in total. The van der Waals surface area contributed by atoms with E-state index >= 15 is 0 Å². The molecular formula is C14H20N4. The highest BCUT2D eigenvalue weighted by atomic mass is 15.3. The summed E-state index contributed by atoms with van der Waals surface area (Å²) < 4.78 is 1.96. The van der Waals surface area contributed by atoms with Crippen molar-refractivity contribution in [3.05, 3.63) is 18.5 Å². The molecule has 1 aliphatic carbocycles. The summed E-state index contributed by atoms with van der Waals surface area (Å²) in [6, 6.07) is 2.50. The van der Waals surface area contributed by atoms with Crippen LogP contribution in [0.25, 0.3) is 11.0 Å². The van der Waals surface area contributed by atoms with Crippen LogP contribution in [0.4, 0.5) is 5.69 Å². The average Bonchev–Trinajstić information content (AvgIpc) is 2.69. The van der Waals surface area contributed by atoms with Gasteiger partial charge >= 0.3 is 0 Å². The Labute approximate surface area is 107 Å². The molecule has 2 aromatic heterocycles. The summed E-state index contributed by atoms with van der Waals surface area (Å²) in [5, 5.41) is 8.98. The van der Waals surface area contributed by atoms with Gasteiger partial charge in [0.05, 0.1) is 18.1 Å². The first kappa shape index (κ1) is 11.5. The maximum atomic E-state index is 4.52. The largest absolute Gasteiger partial charge is 0.384 e. The number of hydrogen-bond donors (Lipinski definition) is 1. The van der Waals surface area contributed by atoms with Crippen LogP contribution in [0, 0.1) is 5.92 Å². The second kappa shape index (κ2) is 4.59. The lowest BCUT2D eigenvalue weighted by Gasteiger charge is -2.25. The normalized spacial score (nSPS) is 16.2. The fourth-order valence-corrected chi connectivity index (χ4v) is 2.37. The van der Waals surface area contributed by atoms with E-state index in [2.05, 4.69) is 35.3 Å². The molecule has 1 aliphatic rings. The highest BCUT2D eigenvalue weighted by Crippen LogP contribution is 2.27. The summed E-state index contributed by atoms with van der Waals surface area (Å²) in [5.74, 6) is 0.860. The molecule has 96 valence electrons. The van der Waals surface area contributed by atoms with E-state index in [0.717, 1.165) is 29.2 Å². The van der Waals surface area contributed by atoms with E-state index in [9.17, 15) is 0 Å². The SMILES string of the molecule is CC(C)n1ncc2cc(NCC3CCC3)cnc21. The fraction of sp³-hybridized carbons (Fsp3) is 0.571. The van der Waals surface area contributed by atoms with Gasteiger partial charge in [0.25, 0.3) is 0 Å². The van der Waals surface area contributed by atoms with Crippen LogP contribution in [0.1, 0.15) is 39.2 Å². The summed E-state index contributed by atoms with van der Waals surface area (Å²) in [6.45, 7) is 5.32. The standard InChI is InChI=1S/C14H20N4/c1-10(2)18-14-12(8-17-18)6-13(9-16-14)15-7-11-4-3-5-11/h6,8-11,15H,3-5,7H2,1-2H3. The summed E-state index contributed by atoms with van der Waals surface area (Å²) in [7, 11) is 0. The number of nitrogens with one attached hydrogen (secondary N) is 1. The predicted octanol–water partition coefficient (Wildman–Crippen LogP) is 3.22. The monoisotopic (exact) mass is 244 g/mol. The first-order valence-corrected chi connectivity index (χ1v) is 6.81. The first-order chi connectivity index (χ1) is 8.74. The smallest absolute Gasteiger partial charge is 0.158 e. The maximum absolute atomic E-state index is 4.52. The molecule has 0 amide bonds. The van der Waals surface area contributed by atoms with E-state index < -0.39 is 0 Å². The van der Waals surface area contributed by atoms with Crippen LogP contribution < -0.4 is 5.32 Å². The maximum Gasteiger partial charge on any atom is 0.158 e. The second-order valence-electron chi connectivity index (χ2n) is 5.50. The molecule has 3 rings (SSSR count). The Hall–Kier alpha value is -1.58. The van der Waals surface area contributed by atoms with Gasteiger partial charge in [0, 0.05) is 18.0 Å². The van der Waals surface area contributed by atoms with Gasteiger partial charge in [-0.05, 0) is 38.7 Å². The van der Waals surface area contributed by atoms with Crippen LogP contribution in [0.3, 0.4) is 0 Å². The summed E-state index contributed by atoms with van der Waals surface area (Å²) in [6.07, 6.45) is 7.95. The van der Waals surface area contributed by atoms with Gasteiger partial charge in [0.15, 0.2) is 5.65 Å². The molecule has 0 unspecified atom stereocenters. The summed E-state index contributed by atoms with van der Waals surface area (Å²) >= 11 is 0. The quantitative estimate of drug-likeness (QED) is 0.898. The molecular weight excluding hydrogens is 224 g/mol. The van der Waals surface area contributed by atoms with Gasteiger partial charge in [-0.25, -0.2) is 9.67 Å². The minimum absolute atomic E-state index is 0.351. The molecule has 4 heteroatoms. The lowest BCUT2D eigenvalue weighted by atomic mass is 9.85. The Morgan fingerprint density at radius 1 is 1.39 bits per heavy atom. The van der Waals surface area contributed by atoms with Gasteiger partial charge in [-0.15, -0.1) is 0 Å². The van der Waals surface area contributed by atoms with Crippen molar-refractivity contribution < 1.29 is 0 Å². The lowest BCUT2D eigenvalue weighted by Crippen LogP contribution is -2.20. The van der Waals surface area contributed by atoms with Gasteiger partial charge in [0.2, 0.25) is 0 Å². The third-order valence-electron chi connectivity index (χ3n) is 3.74. The molecule has 1 fully saturated rings. The fourth-order valence-electron chi connectivity index (χ4n) is 2.37. The van der Waals surface area contributed by atoms with Gasteiger partial charge in [-0.3, -0.25) is 0 Å². The Balaban J connectivity index is 1.78. The zero-order valence-electron chi connectivity index (χ0n) is 11.1. The number of hydrogen-bond acceptors (Lipinski definition) is 3. The highest BCUT2D eigenvalue weighted by molar-refractivity contribution is 5.78. The van der Waals surface area contributed by atoms with Gasteiger partial charge in [-0.2, -0.15) is 5.10 Å². The zero-order chi connectivity index (χ0) is 12.5. The third-order valence-corrected chi connectivity index (χ3v) is 3.74. The minimum atomic E-state index is 0.351. The second-order valence-corrected chi connectivity index (χ2v) is 5.50. The van der Waals surface area contributed by atoms with E-state index in [1.165, 1.54) is 19.3 Å². The molecule has 18 heavy (non-hydrogen) atoms. The highest BCUT2D eigenvalue weighted by Gasteiger charge is 2.16. The van der Waals surface area contributed by atoms with Crippen molar-refractivity contribution in [2.45, 2.75) is 39.2 Å². The van der Waals surface area contributed by atoms with E-state index in [-0.39, 0.29) is 0 Å². The molecule has 0 atom stereocenters. The van der Waals surface area contributed by atoms with Crippen molar-refractivity contribution in [2.75, 3.05) is 11.9 Å². The third kappa shape index (κ3) is 2.07. The number of pyridine rings is 1. The molecule has 0 radical (unpaired) electrons. The van der Waals surface area contributed by atoms with Crippen molar-refractivity contribution in [2.24, 2.45) is 5.92 Å². The molecule has 1 saturated carbocycles.